The summed E-state index contributed by atoms with van der Waals surface area (Å²) in [7, 11) is -3.89. The lowest BCUT2D eigenvalue weighted by atomic mass is 10.3. The van der Waals surface area contributed by atoms with Crippen molar-refractivity contribution in [1.82, 2.24) is 9.55 Å². The number of hydrogen-bond donors (Lipinski definition) is 2. The quantitative estimate of drug-likeness (QED) is 0.840. The fraction of sp³-hybridized carbons (Fsp3) is 0.0909. The summed E-state index contributed by atoms with van der Waals surface area (Å²) in [5.74, 6) is -2.37. The Bertz CT molecular complexity index is 680. The second-order valence-electron chi connectivity index (χ2n) is 3.78. The molecule has 0 spiro atoms. The fourth-order valence-corrected chi connectivity index (χ4v) is 2.40. The first-order valence-electron chi connectivity index (χ1n) is 5.27. The van der Waals surface area contributed by atoms with Crippen LogP contribution in [0.15, 0.2) is 43.0 Å². The second kappa shape index (κ2) is 5.11. The van der Waals surface area contributed by atoms with Crippen molar-refractivity contribution in [2.75, 3.05) is 10.5 Å². The van der Waals surface area contributed by atoms with Gasteiger partial charge in [-0.1, -0.05) is 6.07 Å². The topological polar surface area (TPSA) is 101 Å². The van der Waals surface area contributed by atoms with Crippen LogP contribution in [0.5, 0.6) is 0 Å². The zero-order valence-corrected chi connectivity index (χ0v) is 10.5. The summed E-state index contributed by atoms with van der Waals surface area (Å²) in [5, 5.41) is 8.50. The normalized spacial score (nSPS) is 11.2. The van der Waals surface area contributed by atoms with Crippen molar-refractivity contribution in [3.8, 4) is 5.69 Å². The highest BCUT2D eigenvalue weighted by atomic mass is 32.2. The van der Waals surface area contributed by atoms with E-state index in [2.05, 4.69) is 9.71 Å². The van der Waals surface area contributed by atoms with Gasteiger partial charge in [0.1, 0.15) is 0 Å². The van der Waals surface area contributed by atoms with E-state index < -0.39 is 21.7 Å². The van der Waals surface area contributed by atoms with Gasteiger partial charge in [-0.25, -0.2) is 13.4 Å². The number of nitrogens with one attached hydrogen (secondary N) is 1. The van der Waals surface area contributed by atoms with Gasteiger partial charge in [0.2, 0.25) is 10.0 Å². The number of aliphatic carboxylic acids is 1. The Morgan fingerprint density at radius 2 is 2.21 bits per heavy atom. The van der Waals surface area contributed by atoms with Crippen LogP contribution in [0, 0.1) is 0 Å². The minimum absolute atomic E-state index is 0.299. The van der Waals surface area contributed by atoms with Crippen molar-refractivity contribution in [2.24, 2.45) is 0 Å². The third-order valence-electron chi connectivity index (χ3n) is 2.24. The zero-order valence-electron chi connectivity index (χ0n) is 9.72. The maximum atomic E-state index is 11.5. The Morgan fingerprint density at radius 3 is 2.84 bits per heavy atom. The average Bonchev–Trinajstić information content (AvgIpc) is 2.79. The number of carboxylic acids is 1. The Balaban J connectivity index is 2.23. The van der Waals surface area contributed by atoms with Crippen LogP contribution in [-0.4, -0.2) is 34.8 Å². The first kappa shape index (κ1) is 13.1. The van der Waals surface area contributed by atoms with E-state index in [0.29, 0.717) is 11.4 Å². The highest BCUT2D eigenvalue weighted by Gasteiger charge is 2.15. The van der Waals surface area contributed by atoms with E-state index >= 15 is 0 Å². The molecule has 0 atom stereocenters. The molecule has 0 unspecified atom stereocenters. The Hall–Kier alpha value is -2.35. The molecule has 1 aromatic heterocycles. The summed E-state index contributed by atoms with van der Waals surface area (Å²) in [4.78, 5) is 14.3. The molecule has 0 fully saturated rings. The molecule has 1 aromatic carbocycles. The molecule has 0 bridgehead atoms. The average molecular weight is 281 g/mol. The molecule has 7 nitrogen and oxygen atoms in total. The molecule has 0 radical (unpaired) electrons. The predicted octanol–water partition coefficient (Wildman–Crippen LogP) is 0.699. The van der Waals surface area contributed by atoms with Crippen LogP contribution < -0.4 is 4.72 Å². The van der Waals surface area contributed by atoms with Crippen molar-refractivity contribution < 1.29 is 18.3 Å². The molecule has 100 valence electrons. The van der Waals surface area contributed by atoms with Gasteiger partial charge in [0.15, 0.2) is 5.75 Å². The molecule has 0 saturated carbocycles. The van der Waals surface area contributed by atoms with Gasteiger partial charge >= 0.3 is 5.97 Å². The van der Waals surface area contributed by atoms with Crippen molar-refractivity contribution in [3.05, 3.63) is 43.0 Å². The number of nitrogens with zero attached hydrogens (tertiary/aromatic N) is 2. The molecule has 0 aliphatic rings. The SMILES string of the molecule is O=C(O)CS(=O)(=O)Nc1cccc(-n2ccnc2)c1. The Kier molecular flexibility index (Phi) is 3.52. The maximum Gasteiger partial charge on any atom is 0.320 e. The Labute approximate surface area is 109 Å². The standard InChI is InChI=1S/C11H11N3O4S/c15-11(16)7-19(17,18)13-9-2-1-3-10(6-9)14-5-4-12-8-14/h1-6,8,13H,7H2,(H,15,16). The first-order valence-corrected chi connectivity index (χ1v) is 6.92. The highest BCUT2D eigenvalue weighted by Crippen LogP contribution is 2.15. The molecule has 0 aliphatic carbocycles. The van der Waals surface area contributed by atoms with Crippen molar-refractivity contribution >= 4 is 21.7 Å². The van der Waals surface area contributed by atoms with Crippen LogP contribution in [0.3, 0.4) is 0 Å². The highest BCUT2D eigenvalue weighted by molar-refractivity contribution is 7.93. The van der Waals surface area contributed by atoms with Crippen molar-refractivity contribution in [3.63, 3.8) is 0 Å². The molecule has 1 heterocycles. The fourth-order valence-electron chi connectivity index (χ4n) is 1.52. The van der Waals surface area contributed by atoms with Crippen LogP contribution in [-0.2, 0) is 14.8 Å². The number of benzene rings is 1. The van der Waals surface area contributed by atoms with Gasteiger partial charge in [0.05, 0.1) is 12.0 Å². The first-order chi connectivity index (χ1) is 8.96. The number of rotatable bonds is 5. The molecule has 0 amide bonds. The lowest BCUT2D eigenvalue weighted by molar-refractivity contribution is -0.134. The molecule has 8 heteroatoms. The van der Waals surface area contributed by atoms with Crippen LogP contribution in [0.25, 0.3) is 5.69 Å². The summed E-state index contributed by atoms with van der Waals surface area (Å²) in [5.41, 5.74) is 1.01. The number of carboxylic acid groups (broad SMARTS) is 1. The van der Waals surface area contributed by atoms with Crippen molar-refractivity contribution in [2.45, 2.75) is 0 Å². The minimum atomic E-state index is -3.89. The summed E-state index contributed by atoms with van der Waals surface area (Å²) >= 11 is 0. The monoisotopic (exact) mass is 281 g/mol. The van der Waals surface area contributed by atoms with Crippen molar-refractivity contribution in [1.29, 1.82) is 0 Å². The van der Waals surface area contributed by atoms with E-state index in [1.165, 1.54) is 0 Å². The third kappa shape index (κ3) is 3.55. The second-order valence-corrected chi connectivity index (χ2v) is 5.50. The largest absolute Gasteiger partial charge is 0.480 e. The van der Waals surface area contributed by atoms with E-state index in [9.17, 15) is 13.2 Å². The van der Waals surface area contributed by atoms with E-state index in [1.807, 2.05) is 0 Å². The number of carbonyl (C=O) groups is 1. The van der Waals surface area contributed by atoms with E-state index in [0.717, 1.165) is 0 Å². The number of aromatic nitrogens is 2. The van der Waals surface area contributed by atoms with E-state index in [-0.39, 0.29) is 0 Å². The van der Waals surface area contributed by atoms with Crippen LogP contribution >= 0.6 is 0 Å². The molecule has 2 N–H and O–H groups in total. The van der Waals surface area contributed by atoms with Gasteiger partial charge in [0, 0.05) is 18.1 Å². The van der Waals surface area contributed by atoms with Gasteiger partial charge < -0.3 is 9.67 Å². The summed E-state index contributed by atoms with van der Waals surface area (Å²) < 4.78 is 26.9. The molecular weight excluding hydrogens is 270 g/mol. The number of imidazole rings is 1. The lowest BCUT2D eigenvalue weighted by Crippen LogP contribution is -2.22. The number of hydrogen-bond acceptors (Lipinski definition) is 4. The van der Waals surface area contributed by atoms with Gasteiger partial charge in [0.25, 0.3) is 0 Å². The molecule has 2 aromatic rings. The molecule has 19 heavy (non-hydrogen) atoms. The Morgan fingerprint density at radius 1 is 1.42 bits per heavy atom. The van der Waals surface area contributed by atoms with Crippen LogP contribution in [0.4, 0.5) is 5.69 Å². The number of anilines is 1. The van der Waals surface area contributed by atoms with Crippen LogP contribution in [0.2, 0.25) is 0 Å². The predicted molar refractivity (Wildman–Crippen MR) is 68.6 cm³/mol. The van der Waals surface area contributed by atoms with Gasteiger partial charge in [-0.3, -0.25) is 9.52 Å². The lowest BCUT2D eigenvalue weighted by Gasteiger charge is -2.08. The van der Waals surface area contributed by atoms with Gasteiger partial charge in [-0.15, -0.1) is 0 Å². The summed E-state index contributed by atoms with van der Waals surface area (Å²) in [6, 6.07) is 6.56. The van der Waals surface area contributed by atoms with Gasteiger partial charge in [-0.05, 0) is 18.2 Å². The smallest absolute Gasteiger partial charge is 0.320 e. The molecule has 2 rings (SSSR count). The summed E-state index contributed by atoms with van der Waals surface area (Å²) in [6.07, 6.45) is 4.89. The maximum absolute atomic E-state index is 11.5. The van der Waals surface area contributed by atoms with E-state index in [1.54, 1.807) is 47.6 Å². The zero-order chi connectivity index (χ0) is 13.9. The molecular formula is C11H11N3O4S. The third-order valence-corrected chi connectivity index (χ3v) is 3.41. The minimum Gasteiger partial charge on any atom is -0.480 e. The molecule has 0 saturated heterocycles. The molecule has 0 aliphatic heterocycles. The number of sulfonamides is 1. The summed E-state index contributed by atoms with van der Waals surface area (Å²) in [6.45, 7) is 0. The van der Waals surface area contributed by atoms with Crippen LogP contribution in [0.1, 0.15) is 0 Å². The van der Waals surface area contributed by atoms with Gasteiger partial charge in [-0.2, -0.15) is 0 Å². The van der Waals surface area contributed by atoms with E-state index in [4.69, 9.17) is 5.11 Å².